The van der Waals surface area contributed by atoms with Gasteiger partial charge in [0.15, 0.2) is 11.6 Å². The van der Waals surface area contributed by atoms with E-state index in [2.05, 4.69) is 187 Å². The number of carbonyl (C=O) groups excluding carboxylic acids is 2. The van der Waals surface area contributed by atoms with Crippen LogP contribution in [0.5, 0.6) is 0 Å². The SMILES string of the molecule is Cc1c2c(cc3c1c1cc4c(C(C)(C)C)cc(C(C)(C)C)cc4c4c5c(C)c6c(cc5n3c14)C(=O)C1c3ccccc3C6c3ccccc31)C(=O)C1c3ccccc3C2c2ccccc21. The van der Waals surface area contributed by atoms with Crippen molar-refractivity contribution >= 4 is 60.4 Å². The molecule has 65 heavy (non-hydrogen) atoms. The molecule has 0 aliphatic heterocycles. The Labute approximate surface area is 379 Å². The third kappa shape index (κ3) is 4.47. The Balaban J connectivity index is 1.21. The van der Waals surface area contributed by atoms with Crippen molar-refractivity contribution in [3.8, 4) is 0 Å². The topological polar surface area (TPSA) is 38.5 Å². The maximum Gasteiger partial charge on any atom is 0.175 e. The van der Waals surface area contributed by atoms with Gasteiger partial charge in [0.1, 0.15) is 0 Å². The highest BCUT2D eigenvalue weighted by atomic mass is 16.1. The molecule has 2 heterocycles. The Morgan fingerprint density at radius 1 is 0.415 bits per heavy atom. The van der Waals surface area contributed by atoms with E-state index in [-0.39, 0.29) is 46.1 Å². The van der Waals surface area contributed by atoms with Gasteiger partial charge in [0, 0.05) is 44.5 Å². The van der Waals surface area contributed by atoms with Crippen molar-refractivity contribution in [3.05, 3.63) is 216 Å². The fourth-order valence-corrected chi connectivity index (χ4v) is 13.7. The fraction of sp³-hybridized carbons (Fsp3) is 0.226. The van der Waals surface area contributed by atoms with Gasteiger partial charge in [0.05, 0.1) is 28.4 Å². The van der Waals surface area contributed by atoms with E-state index >= 15 is 9.59 Å². The second-order valence-corrected chi connectivity index (χ2v) is 21.8. The second kappa shape index (κ2) is 12.1. The smallest absolute Gasteiger partial charge is 0.175 e. The summed E-state index contributed by atoms with van der Waals surface area (Å²) in [7, 11) is 0. The first-order valence-corrected chi connectivity index (χ1v) is 23.5. The number of hydrogen-bond donors (Lipinski definition) is 0. The number of benzene rings is 8. The van der Waals surface area contributed by atoms with E-state index in [1.807, 2.05) is 0 Å². The van der Waals surface area contributed by atoms with Crippen LogP contribution in [0.25, 0.3) is 48.9 Å². The lowest BCUT2D eigenvalue weighted by atomic mass is 9.72. The lowest BCUT2D eigenvalue weighted by Crippen LogP contribution is -2.19. The highest BCUT2D eigenvalue weighted by Crippen LogP contribution is 2.58. The molecule has 0 fully saturated rings. The van der Waals surface area contributed by atoms with Gasteiger partial charge in [-0.1, -0.05) is 145 Å². The highest BCUT2D eigenvalue weighted by Gasteiger charge is 2.46. The van der Waals surface area contributed by atoms with Crippen molar-refractivity contribution in [2.75, 3.05) is 0 Å². The van der Waals surface area contributed by atoms with E-state index in [1.165, 1.54) is 76.8 Å². The Kier molecular flexibility index (Phi) is 6.97. The Bertz CT molecular complexity index is 3780. The van der Waals surface area contributed by atoms with Crippen LogP contribution >= 0.6 is 0 Å². The van der Waals surface area contributed by atoms with Gasteiger partial charge in [-0.3, -0.25) is 9.59 Å². The normalized spacial score (nSPS) is 19.4. The highest BCUT2D eigenvalue weighted by molar-refractivity contribution is 6.34. The van der Waals surface area contributed by atoms with Gasteiger partial charge in [-0.2, -0.15) is 0 Å². The van der Waals surface area contributed by atoms with Gasteiger partial charge in [-0.15, -0.1) is 0 Å². The summed E-state index contributed by atoms with van der Waals surface area (Å²) < 4.78 is 2.47. The molecule has 0 atom stereocenters. The van der Waals surface area contributed by atoms with Gasteiger partial charge >= 0.3 is 0 Å². The molecule has 0 spiro atoms. The largest absolute Gasteiger partial charge is 0.308 e. The van der Waals surface area contributed by atoms with E-state index in [9.17, 15) is 0 Å². The molecule has 6 aliphatic rings. The third-order valence-corrected chi connectivity index (χ3v) is 16.4. The van der Waals surface area contributed by atoms with Crippen molar-refractivity contribution in [1.29, 1.82) is 0 Å². The second-order valence-electron chi connectivity index (χ2n) is 21.8. The van der Waals surface area contributed by atoms with E-state index in [4.69, 9.17) is 0 Å². The van der Waals surface area contributed by atoms with Crippen LogP contribution in [0.2, 0.25) is 0 Å². The molecule has 4 bridgehead atoms. The Morgan fingerprint density at radius 2 is 0.815 bits per heavy atom. The van der Waals surface area contributed by atoms with Crippen LogP contribution in [0.3, 0.4) is 0 Å². The summed E-state index contributed by atoms with van der Waals surface area (Å²) >= 11 is 0. The quantitative estimate of drug-likeness (QED) is 0.153. The minimum Gasteiger partial charge on any atom is -0.308 e. The Hall–Kier alpha value is -6.84. The molecule has 3 heteroatoms. The number of hydrogen-bond acceptors (Lipinski definition) is 2. The van der Waals surface area contributed by atoms with E-state index in [1.54, 1.807) is 0 Å². The number of nitrogens with zero attached hydrogens (tertiary/aromatic N) is 1. The van der Waals surface area contributed by atoms with Crippen molar-refractivity contribution in [3.63, 3.8) is 0 Å². The predicted octanol–water partition coefficient (Wildman–Crippen LogP) is 14.8. The van der Waals surface area contributed by atoms with Crippen LogP contribution in [-0.4, -0.2) is 16.0 Å². The maximum absolute atomic E-state index is 15.6. The number of rotatable bonds is 0. The summed E-state index contributed by atoms with van der Waals surface area (Å²) in [6, 6.07) is 46.6. The van der Waals surface area contributed by atoms with Crippen molar-refractivity contribution in [2.24, 2.45) is 0 Å². The predicted molar refractivity (Wildman–Crippen MR) is 265 cm³/mol. The van der Waals surface area contributed by atoms with E-state index in [0.717, 1.165) is 61.1 Å². The molecule has 0 N–H and O–H groups in total. The minimum absolute atomic E-state index is 0.0630. The number of carbonyl (C=O) groups is 2. The summed E-state index contributed by atoms with van der Waals surface area (Å²) in [5.74, 6) is -0.552. The average Bonchev–Trinajstić information content (AvgIpc) is 3.66. The standard InChI is InChI=1S/C62H49NO2/c1-30-49-43-27-41-42(25-32(61(3,4)5)26-46(41)62(6,7)8)57-52-31(2)51-45(60(65)56-39-23-15-11-19-35(39)54(51)36-20-12-16-24-40(36)56)29-48(52)63(58(43)57)47(49)28-44-50(30)53-33-17-9-13-21-37(33)55(59(44)64)38-22-14-10-18-34(38)53/h9-29,53-56H,1-8H3. The van der Waals surface area contributed by atoms with Crippen LogP contribution in [-0.2, 0) is 10.8 Å². The molecular formula is C62H49NO2. The van der Waals surface area contributed by atoms with E-state index < -0.39 is 0 Å². The zero-order valence-corrected chi connectivity index (χ0v) is 38.2. The molecule has 8 aromatic carbocycles. The van der Waals surface area contributed by atoms with Crippen molar-refractivity contribution in [2.45, 2.75) is 89.9 Å². The third-order valence-electron chi connectivity index (χ3n) is 16.4. The monoisotopic (exact) mass is 839 g/mol. The van der Waals surface area contributed by atoms with Crippen LogP contribution in [0, 0.1) is 13.8 Å². The zero-order chi connectivity index (χ0) is 44.3. The molecule has 16 rings (SSSR count). The molecule has 0 radical (unpaired) electrons. The number of ketones is 2. The first-order chi connectivity index (χ1) is 31.2. The van der Waals surface area contributed by atoms with Gasteiger partial charge in [-0.25, -0.2) is 0 Å². The van der Waals surface area contributed by atoms with Gasteiger partial charge in [0.2, 0.25) is 0 Å². The molecule has 0 amide bonds. The van der Waals surface area contributed by atoms with Crippen LogP contribution in [0.4, 0.5) is 0 Å². The lowest BCUT2D eigenvalue weighted by molar-refractivity contribution is 0.0966. The van der Waals surface area contributed by atoms with Gasteiger partial charge < -0.3 is 4.40 Å². The first-order valence-electron chi connectivity index (χ1n) is 23.5. The summed E-state index contributed by atoms with van der Waals surface area (Å²) in [6.45, 7) is 18.6. The molecule has 0 saturated carbocycles. The summed E-state index contributed by atoms with van der Waals surface area (Å²) in [4.78, 5) is 31.1. The summed E-state index contributed by atoms with van der Waals surface area (Å²) in [5.41, 5.74) is 21.3. The fourth-order valence-electron chi connectivity index (χ4n) is 13.7. The molecule has 10 aromatic rings. The Morgan fingerprint density at radius 3 is 1.23 bits per heavy atom. The van der Waals surface area contributed by atoms with E-state index in [0.29, 0.717) is 0 Å². The minimum atomic E-state index is -0.374. The van der Waals surface area contributed by atoms with Crippen molar-refractivity contribution in [1.82, 2.24) is 4.40 Å². The summed E-state index contributed by atoms with van der Waals surface area (Å²) in [5, 5.41) is 7.37. The van der Waals surface area contributed by atoms with Crippen LogP contribution in [0.15, 0.2) is 127 Å². The average molecular weight is 840 g/mol. The number of aryl methyl sites for hydroxylation is 2. The van der Waals surface area contributed by atoms with Crippen molar-refractivity contribution < 1.29 is 9.59 Å². The molecule has 2 aromatic heterocycles. The van der Waals surface area contributed by atoms with Gasteiger partial charge in [0.25, 0.3) is 0 Å². The lowest BCUT2D eigenvalue weighted by Gasteiger charge is -2.30. The molecule has 0 unspecified atom stereocenters. The first kappa shape index (κ1) is 37.5. The molecular weight excluding hydrogens is 791 g/mol. The number of aromatic nitrogens is 1. The van der Waals surface area contributed by atoms with Gasteiger partial charge in [-0.05, 0) is 138 Å². The maximum atomic E-state index is 15.6. The number of Topliss-reactive ketones (excluding diaryl/α,β-unsaturated/α-hetero) is 2. The number of fused-ring (bicyclic) bond motifs is 8. The molecule has 314 valence electrons. The summed E-state index contributed by atoms with van der Waals surface area (Å²) in [6.07, 6.45) is 0. The molecule has 6 aliphatic carbocycles. The van der Waals surface area contributed by atoms with Crippen LogP contribution < -0.4 is 0 Å². The molecule has 3 nitrogen and oxygen atoms in total. The zero-order valence-electron chi connectivity index (χ0n) is 38.2. The molecule has 0 saturated heterocycles. The van der Waals surface area contributed by atoms with Crippen LogP contribution in [0.1, 0.15) is 164 Å².